The van der Waals surface area contributed by atoms with Crippen molar-refractivity contribution in [3.8, 4) is 0 Å². The van der Waals surface area contributed by atoms with E-state index in [0.717, 1.165) is 74.7 Å². The average molecular weight is 681 g/mol. The van der Waals surface area contributed by atoms with Gasteiger partial charge in [-0.2, -0.15) is 13.2 Å². The quantitative estimate of drug-likeness (QED) is 0.180. The molecule has 0 bridgehead atoms. The number of alkyl halides is 3. The van der Waals surface area contributed by atoms with Crippen molar-refractivity contribution < 1.29 is 27.6 Å². The summed E-state index contributed by atoms with van der Waals surface area (Å²) in [6, 6.07) is 17.7. The lowest BCUT2D eigenvalue weighted by Crippen LogP contribution is -2.54. The number of carbonyl (C=O) groups excluding carboxylic acids is 3. The highest BCUT2D eigenvalue weighted by Crippen LogP contribution is 2.64. The molecule has 1 aliphatic heterocycles. The van der Waals surface area contributed by atoms with Crippen LogP contribution in [0.25, 0.3) is 5.57 Å². The molecule has 5 rings (SSSR count). The summed E-state index contributed by atoms with van der Waals surface area (Å²) in [7, 11) is 0. The average Bonchev–Trinajstić information content (AvgIpc) is 3.32. The number of fused-ring (bicyclic) bond motifs is 3. The minimum atomic E-state index is -4.50. The second-order valence-corrected chi connectivity index (χ2v) is 14.1. The maximum Gasteiger partial charge on any atom is 0.405 e. The molecule has 0 aromatic heterocycles. The molecule has 0 saturated carbocycles. The van der Waals surface area contributed by atoms with Gasteiger partial charge in [0.1, 0.15) is 6.54 Å². The fourth-order valence-corrected chi connectivity index (χ4v) is 8.41. The van der Waals surface area contributed by atoms with E-state index in [4.69, 9.17) is 0 Å². The normalized spacial score (nSPS) is 23.6. The third-order valence-electron chi connectivity index (χ3n) is 10.9. The van der Waals surface area contributed by atoms with Gasteiger partial charge in [-0.3, -0.25) is 19.3 Å². The van der Waals surface area contributed by atoms with Crippen LogP contribution in [0.2, 0.25) is 0 Å². The molecule has 266 valence electrons. The number of piperidine rings is 1. The highest BCUT2D eigenvalue weighted by Gasteiger charge is 2.61. The molecule has 3 aliphatic rings. The summed E-state index contributed by atoms with van der Waals surface area (Å²) in [4.78, 5) is 41.6. The van der Waals surface area contributed by atoms with E-state index in [1.807, 2.05) is 49.4 Å². The second-order valence-electron chi connectivity index (χ2n) is 14.1. The third-order valence-corrected chi connectivity index (χ3v) is 10.9. The zero-order valence-electron chi connectivity index (χ0n) is 28.7. The number of nitrogens with one attached hydrogen (secondary N) is 3. The number of rotatable bonds is 15. The van der Waals surface area contributed by atoms with Gasteiger partial charge in [-0.05, 0) is 80.2 Å². The Hall–Kier alpha value is -3.66. The van der Waals surface area contributed by atoms with Crippen LogP contribution >= 0.6 is 0 Å². The first-order chi connectivity index (χ1) is 23.5. The van der Waals surface area contributed by atoms with Crippen LogP contribution in [0.3, 0.4) is 0 Å². The first-order valence-corrected chi connectivity index (χ1v) is 18.0. The van der Waals surface area contributed by atoms with E-state index in [0.29, 0.717) is 45.2 Å². The van der Waals surface area contributed by atoms with E-state index in [1.54, 1.807) is 0 Å². The predicted octanol–water partition coefficient (Wildman–Crippen LogP) is 6.82. The minimum Gasteiger partial charge on any atom is -0.356 e. The van der Waals surface area contributed by atoms with Crippen molar-refractivity contribution in [1.29, 1.82) is 0 Å². The number of hydrogen-bond donors (Lipinski definition) is 3. The minimum absolute atomic E-state index is 0.0236. The number of nitrogens with zero attached hydrogens (tertiary/aromatic N) is 1. The number of allylic oxidation sites excluding steroid dienone is 2. The van der Waals surface area contributed by atoms with Gasteiger partial charge < -0.3 is 16.0 Å². The number of hydrogen-bond acceptors (Lipinski definition) is 4. The van der Waals surface area contributed by atoms with Gasteiger partial charge >= 0.3 is 6.18 Å². The Morgan fingerprint density at radius 2 is 1.63 bits per heavy atom. The van der Waals surface area contributed by atoms with Gasteiger partial charge in [0.15, 0.2) is 0 Å². The standard InChI is InChI=1S/C39H51F3N4O3/c1-37-22-11-8-18-31(37)30-17-6-7-19-32(30)38(37,36(49)45-28-39(40,41)42)23-10-3-12-24-43-34(47)21-14-25-44-35(48)33-20-9-13-26-46(33)27-29-15-4-2-5-16-29/h2,4-7,15-19,33H,3,8-14,20-28H2,1H3,(H,43,47)(H,44,48)(H,45,49). The van der Waals surface area contributed by atoms with Gasteiger partial charge in [0.25, 0.3) is 0 Å². The van der Waals surface area contributed by atoms with Crippen LogP contribution in [-0.2, 0) is 26.3 Å². The van der Waals surface area contributed by atoms with Gasteiger partial charge in [-0.25, -0.2) is 0 Å². The Kier molecular flexibility index (Phi) is 12.2. The molecule has 0 spiro atoms. The molecule has 1 fully saturated rings. The van der Waals surface area contributed by atoms with Crippen molar-refractivity contribution in [2.45, 2.75) is 108 Å². The molecule has 2 aromatic rings. The molecule has 3 amide bonds. The molecule has 3 N–H and O–H groups in total. The number of halogens is 3. The van der Waals surface area contributed by atoms with Crippen LogP contribution in [0.1, 0.15) is 101 Å². The third kappa shape index (κ3) is 8.56. The van der Waals surface area contributed by atoms with Crippen molar-refractivity contribution in [2.24, 2.45) is 5.41 Å². The highest BCUT2D eigenvalue weighted by molar-refractivity contribution is 5.99. The monoisotopic (exact) mass is 680 g/mol. The Morgan fingerprint density at radius 1 is 0.878 bits per heavy atom. The summed E-state index contributed by atoms with van der Waals surface area (Å²) in [5.74, 6) is -0.608. The zero-order chi connectivity index (χ0) is 34.9. The number of likely N-dealkylation sites (tertiary alicyclic amines) is 1. The summed E-state index contributed by atoms with van der Waals surface area (Å²) in [5.41, 5.74) is 2.37. The first-order valence-electron chi connectivity index (χ1n) is 18.0. The van der Waals surface area contributed by atoms with Crippen LogP contribution in [0.5, 0.6) is 0 Å². The Bertz CT molecular complexity index is 1480. The number of unbranched alkanes of at least 4 members (excludes halogenated alkanes) is 2. The van der Waals surface area contributed by atoms with Crippen molar-refractivity contribution in [2.75, 3.05) is 26.2 Å². The van der Waals surface area contributed by atoms with E-state index in [-0.39, 0.29) is 17.9 Å². The molecule has 3 unspecified atom stereocenters. The SMILES string of the molecule is CC12CCCC=C1c1ccccc1C2(CCCCCNC(=O)CCCNC(=O)C1CCCCN1Cc1ccccc1)C(=O)NCC(F)(F)F. The van der Waals surface area contributed by atoms with E-state index < -0.39 is 29.5 Å². The topological polar surface area (TPSA) is 90.5 Å². The molecule has 7 nitrogen and oxygen atoms in total. The predicted molar refractivity (Wildman–Crippen MR) is 185 cm³/mol. The van der Waals surface area contributed by atoms with Crippen molar-refractivity contribution in [3.05, 3.63) is 77.4 Å². The Balaban J connectivity index is 1.06. The molecule has 1 saturated heterocycles. The Labute approximate surface area is 288 Å². The van der Waals surface area contributed by atoms with Crippen LogP contribution in [0.4, 0.5) is 13.2 Å². The van der Waals surface area contributed by atoms with E-state index in [1.165, 1.54) is 5.56 Å². The molecule has 1 heterocycles. The number of carbonyl (C=O) groups is 3. The lowest BCUT2D eigenvalue weighted by atomic mass is 9.57. The largest absolute Gasteiger partial charge is 0.405 e. The van der Waals surface area contributed by atoms with Gasteiger partial charge in [0.05, 0.1) is 11.5 Å². The second kappa shape index (κ2) is 16.4. The molecular weight excluding hydrogens is 629 g/mol. The molecule has 2 aromatic carbocycles. The smallest absolute Gasteiger partial charge is 0.356 e. The van der Waals surface area contributed by atoms with Crippen LogP contribution in [0.15, 0.2) is 60.7 Å². The highest BCUT2D eigenvalue weighted by atomic mass is 19.4. The summed E-state index contributed by atoms with van der Waals surface area (Å²) < 4.78 is 39.7. The van der Waals surface area contributed by atoms with Crippen molar-refractivity contribution in [3.63, 3.8) is 0 Å². The number of amides is 3. The van der Waals surface area contributed by atoms with Crippen LogP contribution < -0.4 is 16.0 Å². The van der Waals surface area contributed by atoms with Gasteiger partial charge in [0.2, 0.25) is 17.7 Å². The molecule has 3 atom stereocenters. The lowest BCUT2D eigenvalue weighted by molar-refractivity contribution is -0.144. The molecule has 10 heteroatoms. The van der Waals surface area contributed by atoms with Crippen LogP contribution in [0, 0.1) is 5.41 Å². The number of benzene rings is 2. The van der Waals surface area contributed by atoms with Gasteiger partial charge in [0, 0.05) is 31.5 Å². The maximum absolute atomic E-state index is 13.9. The lowest BCUT2D eigenvalue weighted by Gasteiger charge is -2.45. The first kappa shape index (κ1) is 36.6. The molecular formula is C39H51F3N4O3. The van der Waals surface area contributed by atoms with Crippen molar-refractivity contribution >= 4 is 23.3 Å². The van der Waals surface area contributed by atoms with Gasteiger partial charge in [-0.15, -0.1) is 0 Å². The molecule has 0 radical (unpaired) electrons. The maximum atomic E-state index is 13.9. The van der Waals surface area contributed by atoms with E-state index in [9.17, 15) is 27.6 Å². The zero-order valence-corrected chi connectivity index (χ0v) is 28.7. The Morgan fingerprint density at radius 3 is 2.43 bits per heavy atom. The van der Waals surface area contributed by atoms with Crippen LogP contribution in [-0.4, -0.2) is 61.0 Å². The summed E-state index contributed by atoms with van der Waals surface area (Å²) >= 11 is 0. The van der Waals surface area contributed by atoms with Gasteiger partial charge in [-0.1, -0.05) is 86.9 Å². The molecule has 2 aliphatic carbocycles. The summed E-state index contributed by atoms with van der Waals surface area (Å²) in [5, 5.41) is 8.25. The van der Waals surface area contributed by atoms with E-state index in [2.05, 4.69) is 39.1 Å². The molecule has 49 heavy (non-hydrogen) atoms. The van der Waals surface area contributed by atoms with E-state index >= 15 is 0 Å². The van der Waals surface area contributed by atoms with Crippen molar-refractivity contribution in [1.82, 2.24) is 20.9 Å². The fraction of sp³-hybridized carbons (Fsp3) is 0.564. The summed E-state index contributed by atoms with van der Waals surface area (Å²) in [6.45, 7) is 3.26. The summed E-state index contributed by atoms with van der Waals surface area (Å²) in [6.07, 6.45) is 6.47. The fourth-order valence-electron chi connectivity index (χ4n) is 8.41.